The van der Waals surface area contributed by atoms with Crippen LogP contribution in [-0.4, -0.2) is 29.0 Å². The number of aromatic nitrogens is 2. The van der Waals surface area contributed by atoms with E-state index in [1.807, 2.05) is 38.4 Å². The van der Waals surface area contributed by atoms with Crippen molar-refractivity contribution in [3.05, 3.63) is 96.1 Å². The molecular weight excluding hydrogens is 502 g/mol. The molecule has 5 heteroatoms. The Labute approximate surface area is 237 Å². The molecular formula is C34H38ClN3O. The van der Waals surface area contributed by atoms with Gasteiger partial charge in [-0.3, -0.25) is 0 Å². The molecule has 1 aromatic heterocycles. The first-order chi connectivity index (χ1) is 18.9. The van der Waals surface area contributed by atoms with Gasteiger partial charge in [-0.05, 0) is 91.3 Å². The summed E-state index contributed by atoms with van der Waals surface area (Å²) in [5.74, 6) is 3.70. The second kappa shape index (κ2) is 12.1. The van der Waals surface area contributed by atoms with Crippen molar-refractivity contribution in [2.45, 2.75) is 50.9 Å². The van der Waals surface area contributed by atoms with E-state index in [-0.39, 0.29) is 5.38 Å². The van der Waals surface area contributed by atoms with Crippen molar-refractivity contribution in [3.8, 4) is 22.6 Å². The number of alkyl halides is 1. The van der Waals surface area contributed by atoms with Gasteiger partial charge in [0.05, 0.1) is 5.69 Å². The molecule has 0 aliphatic heterocycles. The molecule has 4 aromatic rings. The Morgan fingerprint density at radius 2 is 1.51 bits per heavy atom. The van der Waals surface area contributed by atoms with E-state index in [1.54, 1.807) is 0 Å². The minimum Gasteiger partial charge on any atom is -0.457 e. The summed E-state index contributed by atoms with van der Waals surface area (Å²) in [6.07, 6.45) is 9.88. The van der Waals surface area contributed by atoms with Gasteiger partial charge in [0.15, 0.2) is 0 Å². The summed E-state index contributed by atoms with van der Waals surface area (Å²) >= 11 is 6.74. The Morgan fingerprint density at radius 1 is 0.897 bits per heavy atom. The van der Waals surface area contributed by atoms with Crippen LogP contribution in [0.5, 0.6) is 11.5 Å². The van der Waals surface area contributed by atoms with E-state index >= 15 is 0 Å². The van der Waals surface area contributed by atoms with Crippen LogP contribution >= 0.6 is 11.6 Å². The van der Waals surface area contributed by atoms with Crippen molar-refractivity contribution in [1.29, 1.82) is 0 Å². The number of imidazole rings is 1. The molecule has 3 atom stereocenters. The molecule has 0 saturated heterocycles. The number of anilines is 1. The van der Waals surface area contributed by atoms with Crippen LogP contribution in [0.3, 0.4) is 0 Å². The highest BCUT2D eigenvalue weighted by Gasteiger charge is 2.30. The topological polar surface area (TPSA) is 30.3 Å². The number of benzene rings is 3. The maximum absolute atomic E-state index is 6.74. The minimum absolute atomic E-state index is 0.175. The molecule has 0 N–H and O–H groups in total. The third-order valence-corrected chi connectivity index (χ3v) is 8.18. The van der Waals surface area contributed by atoms with Gasteiger partial charge < -0.3 is 14.2 Å². The fourth-order valence-corrected chi connectivity index (χ4v) is 5.84. The highest BCUT2D eigenvalue weighted by molar-refractivity contribution is 6.21. The molecule has 1 heterocycles. The van der Waals surface area contributed by atoms with Crippen LogP contribution in [0.25, 0.3) is 23.3 Å². The van der Waals surface area contributed by atoms with Gasteiger partial charge in [0.1, 0.15) is 17.3 Å². The van der Waals surface area contributed by atoms with Crippen molar-refractivity contribution < 1.29 is 4.74 Å². The molecule has 1 fully saturated rings. The van der Waals surface area contributed by atoms with Gasteiger partial charge in [-0.25, -0.2) is 4.98 Å². The van der Waals surface area contributed by atoms with Crippen LogP contribution in [0, 0.1) is 5.92 Å². The third-order valence-electron chi connectivity index (χ3n) is 7.69. The van der Waals surface area contributed by atoms with Crippen molar-refractivity contribution in [2.75, 3.05) is 19.0 Å². The Kier molecular flexibility index (Phi) is 8.42. The fraction of sp³-hybridized carbons (Fsp3) is 0.324. The average molecular weight is 540 g/mol. The molecule has 0 amide bonds. The zero-order valence-electron chi connectivity index (χ0n) is 23.3. The van der Waals surface area contributed by atoms with Crippen LogP contribution in [0.1, 0.15) is 56.1 Å². The number of hydrogen-bond acceptors (Lipinski definition) is 3. The van der Waals surface area contributed by atoms with Gasteiger partial charge in [-0.15, -0.1) is 11.6 Å². The zero-order valence-corrected chi connectivity index (χ0v) is 24.1. The summed E-state index contributed by atoms with van der Waals surface area (Å²) in [6, 6.07) is 25.0. The van der Waals surface area contributed by atoms with E-state index in [0.29, 0.717) is 11.8 Å². The predicted molar refractivity (Wildman–Crippen MR) is 165 cm³/mol. The van der Waals surface area contributed by atoms with Crippen molar-refractivity contribution in [2.24, 2.45) is 5.92 Å². The number of nitrogens with zero attached hydrogens (tertiary/aromatic N) is 3. The molecule has 3 aromatic carbocycles. The Hall–Kier alpha value is -3.50. The highest BCUT2D eigenvalue weighted by atomic mass is 35.5. The molecule has 5 rings (SSSR count). The predicted octanol–water partition coefficient (Wildman–Crippen LogP) is 9.11. The lowest BCUT2D eigenvalue weighted by Gasteiger charge is -2.29. The average Bonchev–Trinajstić information content (AvgIpc) is 3.36. The number of halogens is 1. The van der Waals surface area contributed by atoms with Gasteiger partial charge in [0.25, 0.3) is 0 Å². The van der Waals surface area contributed by atoms with Gasteiger partial charge >= 0.3 is 0 Å². The molecule has 4 nitrogen and oxygen atoms in total. The summed E-state index contributed by atoms with van der Waals surface area (Å²) in [6.45, 7) is 5.35. The van der Waals surface area contributed by atoms with E-state index in [1.165, 1.54) is 12.0 Å². The molecule has 0 bridgehead atoms. The summed E-state index contributed by atoms with van der Waals surface area (Å²) in [5.41, 5.74) is 5.76. The summed E-state index contributed by atoms with van der Waals surface area (Å²) in [7, 11) is 4.06. The largest absolute Gasteiger partial charge is 0.457 e. The molecule has 39 heavy (non-hydrogen) atoms. The summed E-state index contributed by atoms with van der Waals surface area (Å²) in [5, 5.41) is 0.175. The monoisotopic (exact) mass is 539 g/mol. The lowest BCUT2D eigenvalue weighted by molar-refractivity contribution is 0.350. The molecule has 1 aliphatic rings. The van der Waals surface area contributed by atoms with E-state index in [9.17, 15) is 0 Å². The van der Waals surface area contributed by atoms with Gasteiger partial charge in [0.2, 0.25) is 0 Å². The maximum Gasteiger partial charge on any atom is 0.132 e. The quantitative estimate of drug-likeness (QED) is 0.209. The number of ether oxygens (including phenoxy) is 1. The highest BCUT2D eigenvalue weighted by Crippen LogP contribution is 2.38. The van der Waals surface area contributed by atoms with Crippen LogP contribution in [-0.2, 0) is 6.54 Å². The normalized spacial score (nSPS) is 19.4. The van der Waals surface area contributed by atoms with Gasteiger partial charge in [-0.1, -0.05) is 49.4 Å². The van der Waals surface area contributed by atoms with Gasteiger partial charge in [-0.2, -0.15) is 0 Å². The van der Waals surface area contributed by atoms with Crippen LogP contribution < -0.4 is 9.64 Å². The maximum atomic E-state index is 6.74. The first-order valence-corrected chi connectivity index (χ1v) is 14.4. The van der Waals surface area contributed by atoms with Gasteiger partial charge in [0, 0.05) is 43.8 Å². The van der Waals surface area contributed by atoms with E-state index in [2.05, 4.69) is 90.2 Å². The summed E-state index contributed by atoms with van der Waals surface area (Å²) < 4.78 is 8.25. The smallest absolute Gasteiger partial charge is 0.132 e. The molecule has 0 spiro atoms. The Balaban J connectivity index is 1.23. The van der Waals surface area contributed by atoms with Crippen LogP contribution in [0.4, 0.5) is 5.69 Å². The van der Waals surface area contributed by atoms with Crippen LogP contribution in [0.15, 0.2) is 79.0 Å². The number of aryl methyl sites for hydroxylation is 1. The first kappa shape index (κ1) is 27.1. The number of rotatable bonds is 8. The molecule has 202 valence electrons. The lowest BCUT2D eigenvalue weighted by Crippen LogP contribution is -2.22. The zero-order chi connectivity index (χ0) is 27.4. The van der Waals surface area contributed by atoms with Crippen LogP contribution in [0.2, 0.25) is 0 Å². The van der Waals surface area contributed by atoms with E-state index < -0.39 is 0 Å². The first-order valence-electron chi connectivity index (χ1n) is 13.9. The number of hydrogen-bond donors (Lipinski definition) is 0. The SMILES string of the molecule is CCn1cc(C2CC[C@H](C)CC2Cl)nc1/C=C/c1ccc(-c2ccc(Oc3ccc(N(C)C)cc3)cc2)cc1. The summed E-state index contributed by atoms with van der Waals surface area (Å²) in [4.78, 5) is 7.06. The molecule has 1 aliphatic carbocycles. The van der Waals surface area contributed by atoms with Crippen molar-refractivity contribution >= 4 is 29.4 Å². The van der Waals surface area contributed by atoms with Crippen molar-refractivity contribution in [1.82, 2.24) is 9.55 Å². The fourth-order valence-electron chi connectivity index (χ4n) is 5.28. The molecule has 1 saturated carbocycles. The second-order valence-electron chi connectivity index (χ2n) is 10.8. The minimum atomic E-state index is 0.175. The van der Waals surface area contributed by atoms with Crippen molar-refractivity contribution in [3.63, 3.8) is 0 Å². The molecule has 2 unspecified atom stereocenters. The lowest BCUT2D eigenvalue weighted by atomic mass is 9.81. The molecule has 0 radical (unpaired) electrons. The van der Waals surface area contributed by atoms with E-state index in [0.717, 1.165) is 59.2 Å². The Bertz CT molecular complexity index is 1390. The second-order valence-corrected chi connectivity index (χ2v) is 11.4. The Morgan fingerprint density at radius 3 is 2.10 bits per heavy atom. The standard InChI is InChI=1S/C34H38ClN3O/c1-5-38-23-33(31-20-6-24(2)22-32(31)35)36-34(38)21-9-25-7-10-26(11-8-25)27-12-16-29(17-13-27)39-30-18-14-28(15-19-30)37(3)4/h7-19,21,23-24,31-32H,5-6,20,22H2,1-4H3/b21-9+/t24-,31?,32?/m0/s1. The van der Waals surface area contributed by atoms with E-state index in [4.69, 9.17) is 21.3 Å². The third kappa shape index (κ3) is 6.57.